The topological polar surface area (TPSA) is 67.4 Å². The molecule has 2 amide bonds. The number of carbonyl (C=O) groups is 2. The van der Waals surface area contributed by atoms with Gasteiger partial charge in [-0.15, -0.1) is 0 Å². The van der Waals surface area contributed by atoms with E-state index in [0.717, 1.165) is 11.1 Å². The summed E-state index contributed by atoms with van der Waals surface area (Å²) in [4.78, 5) is 23.3. The summed E-state index contributed by atoms with van der Waals surface area (Å²) in [6.07, 6.45) is 0. The summed E-state index contributed by atoms with van der Waals surface area (Å²) in [5.74, 6) is 4.94. The molecule has 0 aromatic heterocycles. The van der Waals surface area contributed by atoms with Crippen LogP contribution in [0.5, 0.6) is 0 Å². The van der Waals surface area contributed by atoms with Gasteiger partial charge in [-0.1, -0.05) is 30.0 Å². The van der Waals surface area contributed by atoms with E-state index in [0.29, 0.717) is 12.1 Å². The Kier molecular flexibility index (Phi) is 7.53. The molecule has 0 aliphatic carbocycles. The van der Waals surface area contributed by atoms with Gasteiger partial charge in [0.25, 0.3) is 0 Å². The lowest BCUT2D eigenvalue weighted by molar-refractivity contribution is -0.129. The third-order valence-corrected chi connectivity index (χ3v) is 3.62. The van der Waals surface area contributed by atoms with Gasteiger partial charge in [-0.2, -0.15) is 0 Å². The molecule has 0 saturated heterocycles. The Balaban J connectivity index is 1.93. The molecule has 0 fully saturated rings. The van der Waals surface area contributed by atoms with Gasteiger partial charge in [0.2, 0.25) is 11.8 Å². The fourth-order valence-electron chi connectivity index (χ4n) is 2.32. The van der Waals surface area contributed by atoms with Gasteiger partial charge in [0.05, 0.1) is 6.61 Å². The predicted molar refractivity (Wildman–Crippen MR) is 100 cm³/mol. The van der Waals surface area contributed by atoms with E-state index in [-0.39, 0.29) is 24.2 Å². The van der Waals surface area contributed by atoms with Gasteiger partial charge >= 0.3 is 0 Å². The zero-order valence-corrected chi connectivity index (χ0v) is 15.2. The van der Waals surface area contributed by atoms with Crippen LogP contribution in [0, 0.1) is 17.7 Å². The predicted octanol–water partition coefficient (Wildman–Crippen LogP) is 1.99. The quantitative estimate of drug-likeness (QED) is 0.767. The molecule has 5 nitrogen and oxygen atoms in total. The minimum atomic E-state index is -0.732. The summed E-state index contributed by atoms with van der Waals surface area (Å²) in [6, 6.07) is 12.7. The van der Waals surface area contributed by atoms with Crippen molar-refractivity contribution in [3.63, 3.8) is 0 Å². The number of hydrogen-bond donors (Lipinski definition) is 2. The summed E-state index contributed by atoms with van der Waals surface area (Å²) < 4.78 is 18.1. The standard InChI is InChI=1S/C21H21FN2O3/c1-15(25)24-20(14-27-2)21(26)23-13-18-10-7-16(8-11-18)6-9-17-4-3-5-19(22)12-17/h3-5,7-8,10-12,20H,13-14H2,1-2H3,(H,23,26)(H,24,25). The van der Waals surface area contributed by atoms with E-state index in [1.807, 2.05) is 24.3 Å². The van der Waals surface area contributed by atoms with Crippen LogP contribution in [-0.2, 0) is 20.9 Å². The molecule has 0 aliphatic rings. The molecule has 6 heteroatoms. The first-order valence-electron chi connectivity index (χ1n) is 8.38. The molecule has 2 rings (SSSR count). The van der Waals surface area contributed by atoms with E-state index in [4.69, 9.17) is 4.74 Å². The number of benzene rings is 2. The number of methoxy groups -OCH3 is 1. The smallest absolute Gasteiger partial charge is 0.245 e. The first-order chi connectivity index (χ1) is 13.0. The van der Waals surface area contributed by atoms with Crippen molar-refractivity contribution >= 4 is 11.8 Å². The molecule has 2 aromatic carbocycles. The van der Waals surface area contributed by atoms with Gasteiger partial charge in [-0.05, 0) is 35.9 Å². The number of carbonyl (C=O) groups excluding carboxylic acids is 2. The normalized spacial score (nSPS) is 11.1. The second kappa shape index (κ2) is 10.1. The van der Waals surface area contributed by atoms with Crippen LogP contribution < -0.4 is 10.6 Å². The van der Waals surface area contributed by atoms with Crippen LogP contribution in [0.25, 0.3) is 0 Å². The van der Waals surface area contributed by atoms with Crippen LogP contribution >= 0.6 is 0 Å². The van der Waals surface area contributed by atoms with Gasteiger partial charge in [0, 0.05) is 31.7 Å². The van der Waals surface area contributed by atoms with Crippen LogP contribution in [-0.4, -0.2) is 31.6 Å². The van der Waals surface area contributed by atoms with Gasteiger partial charge in [-0.25, -0.2) is 4.39 Å². The fraction of sp³-hybridized carbons (Fsp3) is 0.238. The van der Waals surface area contributed by atoms with Crippen molar-refractivity contribution in [2.45, 2.75) is 19.5 Å². The minimum absolute atomic E-state index is 0.0972. The largest absolute Gasteiger partial charge is 0.382 e. The second-order valence-corrected chi connectivity index (χ2v) is 5.88. The van der Waals surface area contributed by atoms with Crippen molar-refractivity contribution in [2.75, 3.05) is 13.7 Å². The lowest BCUT2D eigenvalue weighted by atomic mass is 10.1. The second-order valence-electron chi connectivity index (χ2n) is 5.88. The molecule has 1 atom stereocenters. The molecular weight excluding hydrogens is 347 g/mol. The Morgan fingerprint density at radius 1 is 1.11 bits per heavy atom. The Morgan fingerprint density at radius 3 is 2.44 bits per heavy atom. The number of hydrogen-bond acceptors (Lipinski definition) is 3. The number of amides is 2. The Morgan fingerprint density at radius 2 is 1.81 bits per heavy atom. The highest BCUT2D eigenvalue weighted by Crippen LogP contribution is 2.05. The van der Waals surface area contributed by atoms with Crippen LogP contribution in [0.4, 0.5) is 4.39 Å². The van der Waals surface area contributed by atoms with E-state index < -0.39 is 6.04 Å². The highest BCUT2D eigenvalue weighted by molar-refractivity contribution is 5.86. The molecule has 0 heterocycles. The van der Waals surface area contributed by atoms with E-state index >= 15 is 0 Å². The van der Waals surface area contributed by atoms with Crippen molar-refractivity contribution < 1.29 is 18.7 Å². The summed E-state index contributed by atoms with van der Waals surface area (Å²) in [6.45, 7) is 1.76. The van der Waals surface area contributed by atoms with Crippen LogP contribution in [0.1, 0.15) is 23.6 Å². The van der Waals surface area contributed by atoms with E-state index in [9.17, 15) is 14.0 Å². The Bertz CT molecular complexity index is 854. The zero-order valence-electron chi connectivity index (χ0n) is 15.2. The minimum Gasteiger partial charge on any atom is -0.382 e. The summed E-state index contributed by atoms with van der Waals surface area (Å²) in [7, 11) is 1.46. The molecule has 27 heavy (non-hydrogen) atoms. The fourth-order valence-corrected chi connectivity index (χ4v) is 2.32. The van der Waals surface area contributed by atoms with Crippen molar-refractivity contribution in [1.29, 1.82) is 0 Å². The monoisotopic (exact) mass is 368 g/mol. The molecule has 0 saturated carbocycles. The van der Waals surface area contributed by atoms with Gasteiger partial charge in [0.15, 0.2) is 0 Å². The summed E-state index contributed by atoms with van der Waals surface area (Å²) >= 11 is 0. The van der Waals surface area contributed by atoms with Gasteiger partial charge < -0.3 is 15.4 Å². The van der Waals surface area contributed by atoms with Crippen molar-refractivity contribution in [2.24, 2.45) is 0 Å². The number of nitrogens with one attached hydrogen (secondary N) is 2. The molecule has 0 bridgehead atoms. The van der Waals surface area contributed by atoms with E-state index in [1.165, 1.54) is 26.2 Å². The lowest BCUT2D eigenvalue weighted by Crippen LogP contribution is -2.48. The van der Waals surface area contributed by atoms with Crippen LogP contribution in [0.2, 0.25) is 0 Å². The molecular formula is C21H21FN2O3. The van der Waals surface area contributed by atoms with Crippen molar-refractivity contribution in [1.82, 2.24) is 10.6 Å². The van der Waals surface area contributed by atoms with E-state index in [1.54, 1.807) is 12.1 Å². The first kappa shape index (κ1) is 20.1. The average molecular weight is 368 g/mol. The van der Waals surface area contributed by atoms with Gasteiger partial charge in [0.1, 0.15) is 11.9 Å². The van der Waals surface area contributed by atoms with Crippen molar-refractivity contribution in [3.8, 4) is 11.8 Å². The number of halogens is 1. The molecule has 2 N–H and O–H groups in total. The molecule has 1 unspecified atom stereocenters. The third-order valence-electron chi connectivity index (χ3n) is 3.62. The molecule has 0 spiro atoms. The lowest BCUT2D eigenvalue weighted by Gasteiger charge is -2.16. The van der Waals surface area contributed by atoms with Crippen LogP contribution in [0.3, 0.4) is 0 Å². The number of ether oxygens (including phenoxy) is 1. The third kappa shape index (κ3) is 6.92. The molecule has 140 valence electrons. The van der Waals surface area contributed by atoms with E-state index in [2.05, 4.69) is 22.5 Å². The molecule has 0 aliphatic heterocycles. The summed E-state index contributed by atoms with van der Waals surface area (Å²) in [5, 5.41) is 5.30. The SMILES string of the molecule is COCC(NC(C)=O)C(=O)NCc1ccc(C#Cc2cccc(F)c2)cc1. The maximum atomic E-state index is 13.1. The maximum absolute atomic E-state index is 13.1. The maximum Gasteiger partial charge on any atom is 0.245 e. The molecule has 2 aromatic rings. The highest BCUT2D eigenvalue weighted by Gasteiger charge is 2.18. The zero-order chi connectivity index (χ0) is 19.6. The number of rotatable bonds is 6. The van der Waals surface area contributed by atoms with Gasteiger partial charge in [-0.3, -0.25) is 9.59 Å². The highest BCUT2D eigenvalue weighted by atomic mass is 19.1. The van der Waals surface area contributed by atoms with Crippen molar-refractivity contribution in [3.05, 3.63) is 71.0 Å². The molecule has 0 radical (unpaired) electrons. The van der Waals surface area contributed by atoms with Crippen LogP contribution in [0.15, 0.2) is 48.5 Å². The average Bonchev–Trinajstić information content (AvgIpc) is 2.64. The Hall–Kier alpha value is -3.17. The first-order valence-corrected chi connectivity index (χ1v) is 8.38. The summed E-state index contributed by atoms with van der Waals surface area (Å²) in [5.41, 5.74) is 2.27. The Labute approximate surface area is 157 Å².